The minimum absolute atomic E-state index is 0.129. The zero-order valence-electron chi connectivity index (χ0n) is 15.1. The molecule has 4 rings (SSSR count). The van der Waals surface area contributed by atoms with Crippen molar-refractivity contribution < 1.29 is 18.4 Å². The number of nitrogens with one attached hydrogen (secondary N) is 1. The van der Waals surface area contributed by atoms with E-state index in [4.69, 9.17) is 13.6 Å². The lowest BCUT2D eigenvalue weighted by atomic mass is 10.1. The first-order valence-corrected chi connectivity index (χ1v) is 8.98. The molecule has 0 saturated carbocycles. The number of fused-ring (bicyclic) bond motifs is 1. The van der Waals surface area contributed by atoms with Crippen LogP contribution in [-0.2, 0) is 0 Å². The number of para-hydroxylation sites is 1. The van der Waals surface area contributed by atoms with Crippen molar-refractivity contribution in [1.29, 1.82) is 0 Å². The van der Waals surface area contributed by atoms with Gasteiger partial charge in [0.1, 0.15) is 10.4 Å². The van der Waals surface area contributed by atoms with E-state index in [2.05, 4.69) is 20.5 Å². The Bertz CT molecular complexity index is 1260. The number of hydrogen-bond acceptors (Lipinski definition) is 9. The highest BCUT2D eigenvalue weighted by Crippen LogP contribution is 2.29. The van der Waals surface area contributed by atoms with E-state index in [0.717, 1.165) is 15.6 Å². The van der Waals surface area contributed by atoms with Crippen molar-refractivity contribution in [3.05, 3.63) is 51.0 Å². The molecule has 3 aromatic heterocycles. The van der Waals surface area contributed by atoms with E-state index in [9.17, 15) is 9.59 Å². The van der Waals surface area contributed by atoms with Crippen molar-refractivity contribution >= 4 is 34.2 Å². The lowest BCUT2D eigenvalue weighted by molar-refractivity contribution is 0.102. The number of carbonyl (C=O) groups is 1. The summed E-state index contributed by atoms with van der Waals surface area (Å²) in [6, 6.07) is 6.39. The van der Waals surface area contributed by atoms with Crippen LogP contribution in [-0.4, -0.2) is 28.2 Å². The van der Waals surface area contributed by atoms with Crippen LogP contribution in [0.1, 0.15) is 21.1 Å². The normalized spacial score (nSPS) is 11.0. The van der Waals surface area contributed by atoms with Crippen LogP contribution in [0.15, 0.2) is 37.9 Å². The zero-order valence-corrected chi connectivity index (χ0v) is 15.9. The fourth-order valence-corrected chi connectivity index (χ4v) is 3.54. The van der Waals surface area contributed by atoms with E-state index in [1.807, 2.05) is 13.8 Å². The number of amides is 1. The second-order valence-corrected chi connectivity index (χ2v) is 7.04. The third kappa shape index (κ3) is 3.14. The highest BCUT2D eigenvalue weighted by atomic mass is 32.1. The zero-order chi connectivity index (χ0) is 19.8. The first-order valence-electron chi connectivity index (χ1n) is 8.16. The molecule has 0 unspecified atom stereocenters. The maximum absolute atomic E-state index is 12.5. The largest absolute Gasteiger partial charge is 0.493 e. The number of nitrogens with zero attached hydrogens (tertiary/aromatic N) is 3. The quantitative estimate of drug-likeness (QED) is 0.520. The molecule has 0 atom stereocenters. The standard InChI is InChI=1S/C18H14N4O5S/c1-8-14(28-9(2)19-8)16-21-22-18(27-16)20-15(23)11-7-10-5-4-6-12(25-3)13(10)26-17(11)24/h4-7H,1-3H3,(H,20,22,23). The molecule has 0 radical (unpaired) electrons. The Kier molecular flexibility index (Phi) is 4.40. The topological polar surface area (TPSA) is 120 Å². The Balaban J connectivity index is 1.63. The molecular formula is C18H14N4O5S. The number of hydrogen-bond donors (Lipinski definition) is 1. The number of anilines is 1. The van der Waals surface area contributed by atoms with Gasteiger partial charge >= 0.3 is 11.6 Å². The van der Waals surface area contributed by atoms with Crippen LogP contribution >= 0.6 is 11.3 Å². The Morgan fingerprint density at radius 3 is 2.75 bits per heavy atom. The summed E-state index contributed by atoms with van der Waals surface area (Å²) in [6.45, 7) is 3.70. The van der Waals surface area contributed by atoms with Crippen LogP contribution in [0.5, 0.6) is 5.75 Å². The molecule has 4 aromatic rings. The van der Waals surface area contributed by atoms with Gasteiger partial charge in [-0.15, -0.1) is 16.4 Å². The maximum atomic E-state index is 12.5. The molecule has 0 aliphatic carbocycles. The second-order valence-electron chi connectivity index (χ2n) is 5.84. The summed E-state index contributed by atoms with van der Waals surface area (Å²) in [4.78, 5) is 29.8. The molecule has 0 aliphatic rings. The fraction of sp³-hybridized carbons (Fsp3) is 0.167. The van der Waals surface area contributed by atoms with Crippen LogP contribution in [0, 0.1) is 13.8 Å². The van der Waals surface area contributed by atoms with Crippen LogP contribution in [0.4, 0.5) is 6.01 Å². The molecule has 1 amide bonds. The fourth-order valence-electron chi connectivity index (χ4n) is 2.70. The average molecular weight is 398 g/mol. The molecule has 0 spiro atoms. The number of rotatable bonds is 4. The number of benzene rings is 1. The van der Waals surface area contributed by atoms with Gasteiger partial charge in [0.25, 0.3) is 11.8 Å². The Hall–Kier alpha value is -3.53. The summed E-state index contributed by atoms with van der Waals surface area (Å²) < 4.78 is 15.9. The number of thiazole rings is 1. The molecule has 1 N–H and O–H groups in total. The SMILES string of the molecule is COc1cccc2cc(C(=O)Nc3nnc(-c4sc(C)nc4C)o3)c(=O)oc12. The summed E-state index contributed by atoms with van der Waals surface area (Å²) in [5, 5.41) is 11.6. The summed E-state index contributed by atoms with van der Waals surface area (Å²) >= 11 is 1.41. The van der Waals surface area contributed by atoms with E-state index in [0.29, 0.717) is 11.1 Å². The van der Waals surface area contributed by atoms with Crippen LogP contribution in [0.25, 0.3) is 21.7 Å². The average Bonchev–Trinajstić information content (AvgIpc) is 3.26. The first-order chi connectivity index (χ1) is 13.5. The van der Waals surface area contributed by atoms with Crippen molar-refractivity contribution in [3.63, 3.8) is 0 Å². The minimum Gasteiger partial charge on any atom is -0.493 e. The molecule has 10 heteroatoms. The van der Waals surface area contributed by atoms with Gasteiger partial charge < -0.3 is 13.6 Å². The predicted octanol–water partition coefficient (Wildman–Crippen LogP) is 3.18. The van der Waals surface area contributed by atoms with Crippen LogP contribution in [0.3, 0.4) is 0 Å². The monoisotopic (exact) mass is 398 g/mol. The molecule has 0 fully saturated rings. The van der Waals surface area contributed by atoms with E-state index >= 15 is 0 Å². The molecule has 0 aliphatic heterocycles. The smallest absolute Gasteiger partial charge is 0.349 e. The van der Waals surface area contributed by atoms with Gasteiger partial charge in [0.2, 0.25) is 0 Å². The molecular weight excluding hydrogens is 384 g/mol. The third-order valence-electron chi connectivity index (χ3n) is 3.93. The summed E-state index contributed by atoms with van der Waals surface area (Å²) in [7, 11) is 1.47. The number of carbonyl (C=O) groups excluding carboxylic acids is 1. The van der Waals surface area contributed by atoms with Gasteiger partial charge in [-0.05, 0) is 26.0 Å². The lowest BCUT2D eigenvalue weighted by Gasteiger charge is -2.05. The van der Waals surface area contributed by atoms with Gasteiger partial charge in [-0.25, -0.2) is 9.78 Å². The van der Waals surface area contributed by atoms with Crippen LogP contribution < -0.4 is 15.7 Å². The highest BCUT2D eigenvalue weighted by Gasteiger charge is 2.20. The highest BCUT2D eigenvalue weighted by molar-refractivity contribution is 7.15. The van der Waals surface area contributed by atoms with Gasteiger partial charge in [-0.2, -0.15) is 0 Å². The van der Waals surface area contributed by atoms with E-state index in [-0.39, 0.29) is 23.1 Å². The van der Waals surface area contributed by atoms with E-state index in [1.54, 1.807) is 18.2 Å². The first kappa shape index (κ1) is 17.9. The maximum Gasteiger partial charge on any atom is 0.349 e. The molecule has 0 saturated heterocycles. The van der Waals surface area contributed by atoms with Crippen LogP contribution in [0.2, 0.25) is 0 Å². The molecule has 3 heterocycles. The third-order valence-corrected chi connectivity index (χ3v) is 4.99. The molecule has 9 nitrogen and oxygen atoms in total. The number of aromatic nitrogens is 3. The van der Waals surface area contributed by atoms with E-state index in [1.165, 1.54) is 24.5 Å². The second kappa shape index (κ2) is 6.89. The van der Waals surface area contributed by atoms with Gasteiger partial charge in [-0.3, -0.25) is 10.1 Å². The number of methoxy groups -OCH3 is 1. The van der Waals surface area contributed by atoms with Gasteiger partial charge in [-0.1, -0.05) is 17.2 Å². The summed E-state index contributed by atoms with van der Waals surface area (Å²) in [6.07, 6.45) is 0. The summed E-state index contributed by atoms with van der Waals surface area (Å²) in [5.74, 6) is -0.0714. The molecule has 28 heavy (non-hydrogen) atoms. The Morgan fingerprint density at radius 2 is 2.04 bits per heavy atom. The number of aryl methyl sites for hydroxylation is 2. The molecule has 0 bridgehead atoms. The van der Waals surface area contributed by atoms with Crippen molar-refractivity contribution in [1.82, 2.24) is 15.2 Å². The Labute approximate surface area is 162 Å². The van der Waals surface area contributed by atoms with Gasteiger partial charge in [0.15, 0.2) is 11.3 Å². The van der Waals surface area contributed by atoms with E-state index < -0.39 is 11.5 Å². The van der Waals surface area contributed by atoms with Crippen molar-refractivity contribution in [2.24, 2.45) is 0 Å². The number of ether oxygens (including phenoxy) is 1. The lowest BCUT2D eigenvalue weighted by Crippen LogP contribution is -2.20. The Morgan fingerprint density at radius 1 is 1.21 bits per heavy atom. The van der Waals surface area contributed by atoms with Gasteiger partial charge in [0.05, 0.1) is 17.8 Å². The van der Waals surface area contributed by atoms with Crippen molar-refractivity contribution in [2.75, 3.05) is 12.4 Å². The van der Waals surface area contributed by atoms with Gasteiger partial charge in [0, 0.05) is 5.39 Å². The minimum atomic E-state index is -0.803. The summed E-state index contributed by atoms with van der Waals surface area (Å²) in [5.41, 5.74) is 0.0318. The predicted molar refractivity (Wildman–Crippen MR) is 102 cm³/mol. The molecule has 1 aromatic carbocycles. The van der Waals surface area contributed by atoms with Crippen molar-refractivity contribution in [2.45, 2.75) is 13.8 Å². The molecule has 142 valence electrons. The van der Waals surface area contributed by atoms with Crippen molar-refractivity contribution in [3.8, 4) is 16.5 Å².